The zero-order valence-corrected chi connectivity index (χ0v) is 15.2. The highest BCUT2D eigenvalue weighted by Gasteiger charge is 2.41. The molecule has 0 aliphatic carbocycles. The summed E-state index contributed by atoms with van der Waals surface area (Å²) in [6.45, 7) is 7.75. The van der Waals surface area contributed by atoms with Gasteiger partial charge in [-0.05, 0) is 37.8 Å². The lowest BCUT2D eigenvalue weighted by molar-refractivity contribution is -0.143. The Balaban J connectivity index is 2.16. The van der Waals surface area contributed by atoms with Crippen molar-refractivity contribution in [2.75, 3.05) is 6.54 Å². The Morgan fingerprint density at radius 1 is 1.24 bits per heavy atom. The van der Waals surface area contributed by atoms with Gasteiger partial charge in [0.25, 0.3) is 5.91 Å². The number of likely N-dealkylation sites (tertiary alicyclic amines) is 1. The van der Waals surface area contributed by atoms with Gasteiger partial charge in [0.15, 0.2) is 0 Å². The molecule has 6 heteroatoms. The van der Waals surface area contributed by atoms with Gasteiger partial charge in [0.1, 0.15) is 6.04 Å². The van der Waals surface area contributed by atoms with Crippen molar-refractivity contribution in [1.29, 1.82) is 0 Å². The lowest BCUT2D eigenvalue weighted by Crippen LogP contribution is -2.52. The maximum atomic E-state index is 12.9. The largest absolute Gasteiger partial charge is 0.481 e. The molecule has 0 spiro atoms. The second-order valence-electron chi connectivity index (χ2n) is 7.02. The second-order valence-corrected chi connectivity index (χ2v) is 7.02. The van der Waals surface area contributed by atoms with Crippen LogP contribution >= 0.6 is 0 Å². The van der Waals surface area contributed by atoms with Crippen molar-refractivity contribution in [2.45, 2.75) is 46.2 Å². The molecule has 3 atom stereocenters. The van der Waals surface area contributed by atoms with Gasteiger partial charge < -0.3 is 15.3 Å². The van der Waals surface area contributed by atoms with Gasteiger partial charge in [0.05, 0.1) is 5.92 Å². The molecule has 0 aromatic heterocycles. The van der Waals surface area contributed by atoms with E-state index in [-0.39, 0.29) is 23.8 Å². The van der Waals surface area contributed by atoms with Crippen LogP contribution in [-0.2, 0) is 9.59 Å². The molecule has 6 nitrogen and oxygen atoms in total. The number of aryl methyl sites for hydroxylation is 1. The topological polar surface area (TPSA) is 86.7 Å². The Morgan fingerprint density at radius 2 is 1.88 bits per heavy atom. The molecule has 2 N–H and O–H groups in total. The molecule has 3 unspecified atom stereocenters. The third kappa shape index (κ3) is 4.00. The first-order valence-electron chi connectivity index (χ1n) is 8.63. The van der Waals surface area contributed by atoms with E-state index < -0.39 is 17.9 Å². The van der Waals surface area contributed by atoms with Gasteiger partial charge in [-0.15, -0.1) is 0 Å². The molecular formula is C19H26N2O4. The molecule has 2 rings (SSSR count). The van der Waals surface area contributed by atoms with Gasteiger partial charge in [-0.3, -0.25) is 14.4 Å². The van der Waals surface area contributed by atoms with Crippen molar-refractivity contribution >= 4 is 17.8 Å². The van der Waals surface area contributed by atoms with Crippen LogP contribution in [0.2, 0.25) is 0 Å². The van der Waals surface area contributed by atoms with Crippen LogP contribution in [-0.4, -0.2) is 46.4 Å². The Kier molecular flexibility index (Phi) is 5.82. The first-order chi connectivity index (χ1) is 11.7. The molecule has 0 saturated carbocycles. The van der Waals surface area contributed by atoms with Crippen LogP contribution < -0.4 is 5.32 Å². The minimum Gasteiger partial charge on any atom is -0.481 e. The SMILES string of the molecule is Cc1ccccc1C(=O)NC(C(=O)N1CCC(C(=O)O)C1C)C(C)C. The molecule has 2 amide bonds. The fourth-order valence-electron chi connectivity index (χ4n) is 3.32. The lowest BCUT2D eigenvalue weighted by atomic mass is 9.99. The quantitative estimate of drug-likeness (QED) is 0.854. The van der Waals surface area contributed by atoms with Crippen molar-refractivity contribution < 1.29 is 19.5 Å². The zero-order valence-electron chi connectivity index (χ0n) is 15.2. The molecule has 1 fully saturated rings. The summed E-state index contributed by atoms with van der Waals surface area (Å²) in [6.07, 6.45) is 0.443. The molecular weight excluding hydrogens is 320 g/mol. The van der Waals surface area contributed by atoms with Gasteiger partial charge in [0.2, 0.25) is 5.91 Å². The van der Waals surface area contributed by atoms with E-state index in [1.165, 1.54) is 0 Å². The monoisotopic (exact) mass is 346 g/mol. The van der Waals surface area contributed by atoms with E-state index in [0.717, 1.165) is 5.56 Å². The highest BCUT2D eigenvalue weighted by Crippen LogP contribution is 2.26. The number of nitrogens with zero attached hydrogens (tertiary/aromatic N) is 1. The summed E-state index contributed by atoms with van der Waals surface area (Å²) in [6, 6.07) is 6.17. The van der Waals surface area contributed by atoms with Crippen LogP contribution in [0.1, 0.15) is 43.1 Å². The molecule has 1 aliphatic heterocycles. The first kappa shape index (κ1) is 19.0. The molecule has 25 heavy (non-hydrogen) atoms. The average molecular weight is 346 g/mol. The number of carbonyl (C=O) groups is 3. The van der Waals surface area contributed by atoms with E-state index in [9.17, 15) is 19.5 Å². The number of nitrogens with one attached hydrogen (secondary N) is 1. The summed E-state index contributed by atoms with van der Waals surface area (Å²) in [7, 11) is 0. The Morgan fingerprint density at radius 3 is 2.40 bits per heavy atom. The fourth-order valence-corrected chi connectivity index (χ4v) is 3.32. The van der Waals surface area contributed by atoms with E-state index in [0.29, 0.717) is 18.5 Å². The predicted octanol–water partition coefficient (Wildman–Crippen LogP) is 2.07. The standard InChI is InChI=1S/C19H26N2O4/c1-11(2)16(20-17(22)14-8-6-5-7-12(14)3)18(23)21-10-9-15(13(21)4)19(24)25/h5-8,11,13,15-16H,9-10H2,1-4H3,(H,20,22)(H,24,25). The Hall–Kier alpha value is -2.37. The van der Waals surface area contributed by atoms with E-state index in [1.54, 1.807) is 24.0 Å². The van der Waals surface area contributed by atoms with Gasteiger partial charge in [-0.1, -0.05) is 32.0 Å². The smallest absolute Gasteiger partial charge is 0.308 e. The molecule has 136 valence electrons. The van der Waals surface area contributed by atoms with E-state index in [2.05, 4.69) is 5.32 Å². The van der Waals surface area contributed by atoms with E-state index in [4.69, 9.17) is 0 Å². The summed E-state index contributed by atoms with van der Waals surface area (Å²) >= 11 is 0. The normalized spacial score (nSPS) is 21.2. The average Bonchev–Trinajstić information content (AvgIpc) is 2.93. The predicted molar refractivity (Wildman–Crippen MR) is 94.2 cm³/mol. The van der Waals surface area contributed by atoms with Gasteiger partial charge in [0, 0.05) is 18.2 Å². The molecule has 1 heterocycles. The number of hydrogen-bond acceptors (Lipinski definition) is 3. The molecule has 1 saturated heterocycles. The maximum Gasteiger partial charge on any atom is 0.308 e. The Bertz CT molecular complexity index is 671. The Labute approximate surface area is 148 Å². The first-order valence-corrected chi connectivity index (χ1v) is 8.63. The third-order valence-electron chi connectivity index (χ3n) is 4.96. The number of carboxylic acids is 1. The molecule has 0 radical (unpaired) electrons. The number of carbonyl (C=O) groups excluding carboxylic acids is 2. The maximum absolute atomic E-state index is 12.9. The third-order valence-corrected chi connectivity index (χ3v) is 4.96. The van der Waals surface area contributed by atoms with Gasteiger partial charge in [-0.25, -0.2) is 0 Å². The number of benzene rings is 1. The van der Waals surface area contributed by atoms with Crippen molar-refractivity contribution in [3.63, 3.8) is 0 Å². The lowest BCUT2D eigenvalue weighted by Gasteiger charge is -2.30. The van der Waals surface area contributed by atoms with Gasteiger partial charge in [-0.2, -0.15) is 0 Å². The van der Waals surface area contributed by atoms with E-state index in [1.807, 2.05) is 32.9 Å². The molecule has 0 bridgehead atoms. The van der Waals surface area contributed by atoms with Crippen molar-refractivity contribution in [3.05, 3.63) is 35.4 Å². The van der Waals surface area contributed by atoms with Crippen LogP contribution in [0.25, 0.3) is 0 Å². The highest BCUT2D eigenvalue weighted by atomic mass is 16.4. The van der Waals surface area contributed by atoms with Gasteiger partial charge >= 0.3 is 5.97 Å². The number of amides is 2. The van der Waals surface area contributed by atoms with Crippen LogP contribution in [0.15, 0.2) is 24.3 Å². The zero-order chi connectivity index (χ0) is 18.7. The summed E-state index contributed by atoms with van der Waals surface area (Å²) in [5.41, 5.74) is 1.38. The number of aliphatic carboxylic acids is 1. The number of rotatable bonds is 5. The van der Waals surface area contributed by atoms with Crippen LogP contribution in [0.5, 0.6) is 0 Å². The summed E-state index contributed by atoms with van der Waals surface area (Å²) in [4.78, 5) is 38.4. The highest BCUT2D eigenvalue weighted by molar-refractivity contribution is 5.98. The summed E-state index contributed by atoms with van der Waals surface area (Å²) in [5.74, 6) is -2.03. The van der Waals surface area contributed by atoms with Crippen molar-refractivity contribution in [2.24, 2.45) is 11.8 Å². The molecule has 1 aliphatic rings. The molecule has 1 aromatic carbocycles. The van der Waals surface area contributed by atoms with Crippen LogP contribution in [0, 0.1) is 18.8 Å². The summed E-state index contributed by atoms with van der Waals surface area (Å²) < 4.78 is 0. The minimum absolute atomic E-state index is 0.100. The fraction of sp³-hybridized carbons (Fsp3) is 0.526. The van der Waals surface area contributed by atoms with Crippen LogP contribution in [0.4, 0.5) is 0 Å². The minimum atomic E-state index is -0.882. The molecule has 1 aromatic rings. The number of carboxylic acid groups (broad SMARTS) is 1. The van der Waals surface area contributed by atoms with Crippen LogP contribution in [0.3, 0.4) is 0 Å². The van der Waals surface area contributed by atoms with Crippen molar-refractivity contribution in [1.82, 2.24) is 10.2 Å². The summed E-state index contributed by atoms with van der Waals surface area (Å²) in [5, 5.41) is 12.1. The van der Waals surface area contributed by atoms with E-state index >= 15 is 0 Å². The number of hydrogen-bond donors (Lipinski definition) is 2. The van der Waals surface area contributed by atoms with Crippen molar-refractivity contribution in [3.8, 4) is 0 Å². The second kappa shape index (κ2) is 7.68.